The van der Waals surface area contributed by atoms with Crippen LogP contribution in [0.25, 0.3) is 0 Å². The van der Waals surface area contributed by atoms with Crippen LogP contribution in [-0.4, -0.2) is 89.2 Å². The minimum Gasteiger partial charge on any atom is -0.392 e. The van der Waals surface area contributed by atoms with E-state index in [1.54, 1.807) is 0 Å². The molecule has 12 heteroatoms. The number of hydrogen-bond donors (Lipinski definition) is 2. The van der Waals surface area contributed by atoms with Crippen LogP contribution in [0.3, 0.4) is 0 Å². The Kier molecular flexibility index (Phi) is 11.5. The Hall–Kier alpha value is -3.81. The molecule has 3 fully saturated rings. The molecule has 0 radical (unpaired) electrons. The molecule has 3 aromatic carbocycles. The Labute approximate surface area is 290 Å². The summed E-state index contributed by atoms with van der Waals surface area (Å²) in [6, 6.07) is 24.6. The molecule has 3 saturated heterocycles. The minimum atomic E-state index is -5.02. The van der Waals surface area contributed by atoms with Crippen molar-refractivity contribution in [3.05, 3.63) is 107 Å². The van der Waals surface area contributed by atoms with Crippen molar-refractivity contribution in [1.29, 1.82) is 0 Å². The van der Waals surface area contributed by atoms with Gasteiger partial charge >= 0.3 is 12.1 Å². The highest BCUT2D eigenvalue weighted by atomic mass is 19.4. The normalized spacial score (nSPS) is 25.1. The molecule has 2 amide bonds. The molecule has 3 aromatic rings. The van der Waals surface area contributed by atoms with E-state index in [0.717, 1.165) is 61.5 Å². The van der Waals surface area contributed by atoms with Crippen molar-refractivity contribution in [3.63, 3.8) is 0 Å². The van der Waals surface area contributed by atoms with Crippen LogP contribution in [0, 0.1) is 5.92 Å². The van der Waals surface area contributed by atoms with Crippen LogP contribution in [0.15, 0.2) is 78.9 Å². The number of rotatable bonds is 10. The third-order valence-corrected chi connectivity index (χ3v) is 10.1. The molecule has 0 aromatic heterocycles. The average Bonchev–Trinajstić information content (AvgIpc) is 3.62. The lowest BCUT2D eigenvalue weighted by atomic mass is 9.90. The van der Waals surface area contributed by atoms with Crippen molar-refractivity contribution in [2.24, 2.45) is 5.92 Å². The van der Waals surface area contributed by atoms with E-state index < -0.39 is 30.3 Å². The van der Waals surface area contributed by atoms with E-state index in [2.05, 4.69) is 46.3 Å². The highest BCUT2D eigenvalue weighted by Crippen LogP contribution is 2.42. The van der Waals surface area contributed by atoms with Crippen molar-refractivity contribution in [2.45, 2.75) is 70.2 Å². The van der Waals surface area contributed by atoms with Crippen LogP contribution in [0.1, 0.15) is 60.0 Å². The predicted molar refractivity (Wildman–Crippen MR) is 180 cm³/mol. The van der Waals surface area contributed by atoms with Gasteiger partial charge in [0.2, 0.25) is 5.91 Å². The Morgan fingerprint density at radius 2 is 1.46 bits per heavy atom. The summed E-state index contributed by atoms with van der Waals surface area (Å²) in [5.74, 6) is -2.54. The summed E-state index contributed by atoms with van der Waals surface area (Å²) in [5, 5.41) is 12.3. The molecule has 3 aliphatic rings. The van der Waals surface area contributed by atoms with Gasteiger partial charge in [-0.2, -0.15) is 13.2 Å². The molecule has 0 aliphatic carbocycles. The van der Waals surface area contributed by atoms with Gasteiger partial charge in [-0.1, -0.05) is 85.8 Å². The second kappa shape index (κ2) is 16.0. The van der Waals surface area contributed by atoms with Gasteiger partial charge in [-0.25, -0.2) is 0 Å². The zero-order valence-electron chi connectivity index (χ0n) is 28.2. The Balaban J connectivity index is 1.10. The number of aliphatic hydroxyl groups excluding tert-OH is 1. The first-order chi connectivity index (χ1) is 24.1. The summed E-state index contributed by atoms with van der Waals surface area (Å²) < 4.78 is 52.3. The maximum absolute atomic E-state index is 13.0. The molecule has 2 N–H and O–H groups in total. The number of likely N-dealkylation sites (tertiary alicyclic amines) is 1. The average molecular weight is 695 g/mol. The lowest BCUT2D eigenvalue weighted by Gasteiger charge is -2.44. The first-order valence-corrected chi connectivity index (χ1v) is 17.3. The second-order valence-corrected chi connectivity index (χ2v) is 13.5. The first-order valence-electron chi connectivity index (χ1n) is 17.3. The molecule has 3 aliphatic heterocycles. The first kappa shape index (κ1) is 36.0. The lowest BCUT2D eigenvalue weighted by molar-refractivity contribution is -0.276. The van der Waals surface area contributed by atoms with Gasteiger partial charge in [0, 0.05) is 63.8 Å². The number of ether oxygens (including phenoxy) is 2. The fourth-order valence-corrected chi connectivity index (χ4v) is 7.10. The zero-order valence-corrected chi connectivity index (χ0v) is 28.2. The fourth-order valence-electron chi connectivity index (χ4n) is 7.10. The Morgan fingerprint density at radius 1 is 0.820 bits per heavy atom. The standard InChI is InChI=1S/C38H45F3N4O5/c1-26-33(24-44-20-18-43(19-21-44)23-28-6-3-2-4-7-28)49-36(50-34(26)30-13-11-29(25-46)12-14-30)31-15-9-27(10-16-31)22-42-35(47)32-8-5-17-45(32)37(48)38(39,40)41/h2-4,6-7,9-16,26,32-34,36,46H,5,8,17-25H2,1H3,(H,42,47)/t26-,32-,33+,34+,36+/m0/s1. The maximum Gasteiger partial charge on any atom is 0.471 e. The van der Waals surface area contributed by atoms with Crippen LogP contribution in [0.2, 0.25) is 0 Å². The molecule has 0 unspecified atom stereocenters. The highest BCUT2D eigenvalue weighted by molar-refractivity contribution is 5.90. The van der Waals surface area contributed by atoms with Crippen LogP contribution < -0.4 is 5.32 Å². The van der Waals surface area contributed by atoms with Crippen molar-refractivity contribution in [1.82, 2.24) is 20.0 Å². The number of halogens is 3. The largest absolute Gasteiger partial charge is 0.471 e. The number of nitrogens with one attached hydrogen (secondary N) is 1. The number of alkyl halides is 3. The third-order valence-electron chi connectivity index (χ3n) is 10.1. The Bertz CT molecular complexity index is 1570. The van der Waals surface area contributed by atoms with Gasteiger partial charge in [0.15, 0.2) is 6.29 Å². The van der Waals surface area contributed by atoms with Crippen LogP contribution in [0.5, 0.6) is 0 Å². The lowest BCUT2D eigenvalue weighted by Crippen LogP contribution is -2.51. The van der Waals surface area contributed by atoms with Crippen LogP contribution in [-0.2, 0) is 38.8 Å². The molecular weight excluding hydrogens is 649 g/mol. The quantitative estimate of drug-likeness (QED) is 0.310. The Morgan fingerprint density at radius 3 is 2.12 bits per heavy atom. The summed E-state index contributed by atoms with van der Waals surface area (Å²) in [4.78, 5) is 30.1. The number of nitrogens with zero attached hydrogens (tertiary/aromatic N) is 3. The fraction of sp³-hybridized carbons (Fsp3) is 0.474. The van der Waals surface area contributed by atoms with Crippen molar-refractivity contribution in [2.75, 3.05) is 39.3 Å². The summed E-state index contributed by atoms with van der Waals surface area (Å²) in [5.41, 5.74) is 4.69. The second-order valence-electron chi connectivity index (χ2n) is 13.5. The number of carbonyl (C=O) groups is 2. The molecule has 3 heterocycles. The van der Waals surface area contributed by atoms with E-state index in [-0.39, 0.29) is 44.2 Å². The molecule has 50 heavy (non-hydrogen) atoms. The number of amides is 2. The molecule has 0 saturated carbocycles. The monoisotopic (exact) mass is 694 g/mol. The predicted octanol–water partition coefficient (Wildman–Crippen LogP) is 4.96. The number of hydrogen-bond acceptors (Lipinski definition) is 7. The SMILES string of the molecule is C[C@H]1[C@@H](CN2CCN(Cc3ccccc3)CC2)O[C@@H](c2ccc(CNC(=O)[C@@H]3CCCN3C(=O)C(F)(F)F)cc2)O[C@H]1c1ccc(CO)cc1. The minimum absolute atomic E-state index is 0.0383. The molecule has 6 rings (SSSR count). The molecule has 0 spiro atoms. The molecule has 9 nitrogen and oxygen atoms in total. The summed E-state index contributed by atoms with van der Waals surface area (Å²) in [6.45, 7) is 7.62. The molecular formula is C38H45F3N4O5. The van der Waals surface area contributed by atoms with Gasteiger partial charge in [0.1, 0.15) is 6.04 Å². The highest BCUT2D eigenvalue weighted by Gasteiger charge is 2.47. The zero-order chi connectivity index (χ0) is 35.3. The van der Waals surface area contributed by atoms with E-state index in [1.807, 2.05) is 54.6 Å². The number of carbonyl (C=O) groups excluding carboxylic acids is 2. The number of piperazine rings is 1. The van der Waals surface area contributed by atoms with Gasteiger partial charge < -0.3 is 24.8 Å². The van der Waals surface area contributed by atoms with Gasteiger partial charge in [-0.15, -0.1) is 0 Å². The van der Waals surface area contributed by atoms with Crippen molar-refractivity contribution >= 4 is 11.8 Å². The van der Waals surface area contributed by atoms with E-state index >= 15 is 0 Å². The smallest absolute Gasteiger partial charge is 0.392 e. The van der Waals surface area contributed by atoms with E-state index in [1.165, 1.54) is 5.56 Å². The summed E-state index contributed by atoms with van der Waals surface area (Å²) in [6.07, 6.45) is -5.51. The van der Waals surface area contributed by atoms with Crippen molar-refractivity contribution < 1.29 is 37.3 Å². The third kappa shape index (κ3) is 8.73. The van der Waals surface area contributed by atoms with E-state index in [9.17, 15) is 27.9 Å². The van der Waals surface area contributed by atoms with E-state index in [4.69, 9.17) is 9.47 Å². The number of aliphatic hydroxyl groups is 1. The van der Waals surface area contributed by atoms with Gasteiger partial charge in [0.25, 0.3) is 0 Å². The van der Waals surface area contributed by atoms with Crippen molar-refractivity contribution in [3.8, 4) is 0 Å². The van der Waals surface area contributed by atoms with E-state index in [0.29, 0.717) is 11.3 Å². The summed E-state index contributed by atoms with van der Waals surface area (Å²) in [7, 11) is 0. The molecule has 268 valence electrons. The summed E-state index contributed by atoms with van der Waals surface area (Å²) >= 11 is 0. The maximum atomic E-state index is 13.0. The van der Waals surface area contributed by atoms with Gasteiger partial charge in [-0.3, -0.25) is 19.4 Å². The number of benzene rings is 3. The van der Waals surface area contributed by atoms with Gasteiger partial charge in [0.05, 0.1) is 18.8 Å². The van der Waals surface area contributed by atoms with Crippen LogP contribution in [0.4, 0.5) is 13.2 Å². The van der Waals surface area contributed by atoms with Gasteiger partial charge in [-0.05, 0) is 35.1 Å². The molecule has 0 bridgehead atoms. The topological polar surface area (TPSA) is 94.6 Å². The van der Waals surface area contributed by atoms with Crippen LogP contribution >= 0.6 is 0 Å². The molecule has 5 atom stereocenters.